The van der Waals surface area contributed by atoms with E-state index in [1.54, 1.807) is 12.1 Å². The predicted molar refractivity (Wildman–Crippen MR) is 61.4 cm³/mol. The van der Waals surface area contributed by atoms with Gasteiger partial charge in [-0.2, -0.15) is 0 Å². The van der Waals surface area contributed by atoms with E-state index in [-0.39, 0.29) is 6.54 Å². The number of carboxylic acids is 1. The van der Waals surface area contributed by atoms with Gasteiger partial charge in [0.2, 0.25) is 5.91 Å². The molecule has 18 heavy (non-hydrogen) atoms. The molecule has 1 aromatic rings. The van der Waals surface area contributed by atoms with Crippen molar-refractivity contribution >= 4 is 21.7 Å². The van der Waals surface area contributed by atoms with Crippen LogP contribution in [-0.2, 0) is 26.0 Å². The van der Waals surface area contributed by atoms with Crippen LogP contribution in [0.2, 0.25) is 0 Å². The number of sulfone groups is 1. The molecule has 0 fully saturated rings. The normalized spacial score (nSPS) is 12.9. The lowest BCUT2D eigenvalue weighted by atomic mass is 10.4. The largest absolute Gasteiger partial charge is 0.480 e. The Kier molecular flexibility index (Phi) is 4.49. The first-order valence-corrected chi connectivity index (χ1v) is 6.78. The first kappa shape index (κ1) is 14.2. The fourth-order valence-corrected chi connectivity index (χ4v) is 2.20. The van der Waals surface area contributed by atoms with E-state index in [1.165, 1.54) is 6.26 Å². The number of carboxylic acid groups (broad SMARTS) is 1. The highest BCUT2D eigenvalue weighted by molar-refractivity contribution is 7.93. The number of amides is 1. The van der Waals surface area contributed by atoms with Crippen LogP contribution in [0.3, 0.4) is 0 Å². The molecule has 2 N–H and O–H groups in total. The van der Waals surface area contributed by atoms with E-state index in [2.05, 4.69) is 5.32 Å². The van der Waals surface area contributed by atoms with Crippen LogP contribution in [0.1, 0.15) is 12.7 Å². The molecule has 1 rings (SSSR count). The average Bonchev–Trinajstić information content (AvgIpc) is 2.75. The van der Waals surface area contributed by atoms with Crippen LogP contribution in [0.5, 0.6) is 0 Å². The molecule has 0 aliphatic rings. The van der Waals surface area contributed by atoms with Crippen molar-refractivity contribution in [3.63, 3.8) is 0 Å². The van der Waals surface area contributed by atoms with Crippen molar-refractivity contribution in [1.29, 1.82) is 0 Å². The number of furan rings is 1. The fourth-order valence-electron chi connectivity index (χ4n) is 1.19. The van der Waals surface area contributed by atoms with Crippen LogP contribution in [0, 0.1) is 0 Å². The minimum absolute atomic E-state index is 0.0543. The van der Waals surface area contributed by atoms with E-state index in [0.29, 0.717) is 5.76 Å². The Bertz CT molecular complexity index is 519. The Morgan fingerprint density at radius 2 is 2.17 bits per heavy atom. The van der Waals surface area contributed by atoms with Crippen LogP contribution in [0.15, 0.2) is 22.8 Å². The molecule has 1 aromatic heterocycles. The Labute approximate surface area is 104 Å². The van der Waals surface area contributed by atoms with E-state index in [1.807, 2.05) is 0 Å². The van der Waals surface area contributed by atoms with Gasteiger partial charge in [-0.25, -0.2) is 8.42 Å². The summed E-state index contributed by atoms with van der Waals surface area (Å²) in [6.45, 7) is 1.20. The molecule has 1 unspecified atom stereocenters. The summed E-state index contributed by atoms with van der Waals surface area (Å²) in [7, 11) is -3.99. The Morgan fingerprint density at radius 3 is 2.67 bits per heavy atom. The predicted octanol–water partition coefficient (Wildman–Crippen LogP) is -0.216. The molecule has 100 valence electrons. The van der Waals surface area contributed by atoms with E-state index < -0.39 is 32.7 Å². The van der Waals surface area contributed by atoms with Gasteiger partial charge in [-0.1, -0.05) is 0 Å². The molecule has 1 amide bonds. The molecule has 8 heteroatoms. The van der Waals surface area contributed by atoms with Crippen LogP contribution in [0.4, 0.5) is 0 Å². The van der Waals surface area contributed by atoms with Gasteiger partial charge in [0.25, 0.3) is 0 Å². The van der Waals surface area contributed by atoms with Crippen LogP contribution in [-0.4, -0.2) is 36.4 Å². The summed E-state index contributed by atoms with van der Waals surface area (Å²) in [6.07, 6.45) is 1.42. The standard InChI is InChI=1S/C10H13NO6S/c1-7(18(15,16)6-9(12)13)10(14)11-5-8-3-2-4-17-8/h2-4,7H,5-6H2,1H3,(H,11,14)(H,12,13). The van der Waals surface area contributed by atoms with Gasteiger partial charge in [0, 0.05) is 0 Å². The van der Waals surface area contributed by atoms with E-state index in [4.69, 9.17) is 9.52 Å². The first-order chi connectivity index (χ1) is 8.33. The van der Waals surface area contributed by atoms with Gasteiger partial charge in [0.05, 0.1) is 12.8 Å². The van der Waals surface area contributed by atoms with Crippen LogP contribution in [0.25, 0.3) is 0 Å². The van der Waals surface area contributed by atoms with Crippen LogP contribution >= 0.6 is 0 Å². The summed E-state index contributed by atoms with van der Waals surface area (Å²) in [5, 5.41) is 9.38. The van der Waals surface area contributed by atoms with Gasteiger partial charge >= 0.3 is 5.97 Å². The van der Waals surface area contributed by atoms with Crippen molar-refractivity contribution in [2.24, 2.45) is 0 Å². The topological polar surface area (TPSA) is 114 Å². The fraction of sp³-hybridized carbons (Fsp3) is 0.400. The van der Waals surface area contributed by atoms with Gasteiger partial charge in [0.1, 0.15) is 16.8 Å². The summed E-state index contributed by atoms with van der Waals surface area (Å²) in [6, 6.07) is 3.25. The van der Waals surface area contributed by atoms with Crippen molar-refractivity contribution < 1.29 is 27.5 Å². The number of rotatable bonds is 6. The second kappa shape index (κ2) is 5.67. The first-order valence-electron chi connectivity index (χ1n) is 5.06. The monoisotopic (exact) mass is 275 g/mol. The zero-order valence-corrected chi connectivity index (χ0v) is 10.4. The second-order valence-electron chi connectivity index (χ2n) is 3.64. The third-order valence-electron chi connectivity index (χ3n) is 2.25. The zero-order chi connectivity index (χ0) is 13.8. The quantitative estimate of drug-likeness (QED) is 0.742. The molecule has 0 aliphatic heterocycles. The number of hydrogen-bond donors (Lipinski definition) is 2. The molecule has 0 saturated carbocycles. The molecular weight excluding hydrogens is 262 g/mol. The molecule has 0 aromatic carbocycles. The zero-order valence-electron chi connectivity index (χ0n) is 9.62. The summed E-state index contributed by atoms with van der Waals surface area (Å²) in [4.78, 5) is 21.9. The minimum Gasteiger partial charge on any atom is -0.480 e. The molecule has 0 aliphatic carbocycles. The third kappa shape index (κ3) is 3.88. The maximum absolute atomic E-state index is 11.5. The Hall–Kier alpha value is -1.83. The lowest BCUT2D eigenvalue weighted by Gasteiger charge is -2.11. The number of aliphatic carboxylic acids is 1. The summed E-state index contributed by atoms with van der Waals surface area (Å²) in [5.74, 6) is -2.83. The van der Waals surface area contributed by atoms with Gasteiger partial charge in [0.15, 0.2) is 9.84 Å². The van der Waals surface area contributed by atoms with Crippen molar-refractivity contribution in [2.75, 3.05) is 5.75 Å². The van der Waals surface area contributed by atoms with Gasteiger partial charge in [-0.05, 0) is 19.1 Å². The Morgan fingerprint density at radius 1 is 1.50 bits per heavy atom. The van der Waals surface area contributed by atoms with Crippen LogP contribution < -0.4 is 5.32 Å². The SMILES string of the molecule is CC(C(=O)NCc1ccco1)S(=O)(=O)CC(=O)O. The second-order valence-corrected chi connectivity index (χ2v) is 5.96. The minimum atomic E-state index is -3.99. The molecule has 0 saturated heterocycles. The number of hydrogen-bond acceptors (Lipinski definition) is 5. The molecule has 1 atom stereocenters. The van der Waals surface area contributed by atoms with Crippen molar-refractivity contribution in [3.05, 3.63) is 24.2 Å². The molecule has 7 nitrogen and oxygen atoms in total. The van der Waals surface area contributed by atoms with Gasteiger partial charge in [-0.15, -0.1) is 0 Å². The molecule has 0 bridgehead atoms. The van der Waals surface area contributed by atoms with Gasteiger partial charge < -0.3 is 14.8 Å². The summed E-state index contributed by atoms with van der Waals surface area (Å²) >= 11 is 0. The highest BCUT2D eigenvalue weighted by atomic mass is 32.2. The number of nitrogens with one attached hydrogen (secondary N) is 1. The summed E-state index contributed by atoms with van der Waals surface area (Å²) < 4.78 is 27.9. The molecule has 1 heterocycles. The highest BCUT2D eigenvalue weighted by Gasteiger charge is 2.30. The molecular formula is C10H13NO6S. The van der Waals surface area contributed by atoms with Gasteiger partial charge in [-0.3, -0.25) is 9.59 Å². The summed E-state index contributed by atoms with van der Waals surface area (Å²) in [5.41, 5.74) is 0. The highest BCUT2D eigenvalue weighted by Crippen LogP contribution is 2.04. The van der Waals surface area contributed by atoms with E-state index in [0.717, 1.165) is 6.92 Å². The van der Waals surface area contributed by atoms with Crippen molar-refractivity contribution in [1.82, 2.24) is 5.32 Å². The van der Waals surface area contributed by atoms with E-state index >= 15 is 0 Å². The average molecular weight is 275 g/mol. The van der Waals surface area contributed by atoms with E-state index in [9.17, 15) is 18.0 Å². The maximum Gasteiger partial charge on any atom is 0.318 e. The lowest BCUT2D eigenvalue weighted by molar-refractivity contribution is -0.134. The smallest absolute Gasteiger partial charge is 0.318 e. The maximum atomic E-state index is 11.5. The third-order valence-corrected chi connectivity index (χ3v) is 4.19. The lowest BCUT2D eigenvalue weighted by Crippen LogP contribution is -2.39. The number of carbonyl (C=O) groups is 2. The Balaban J connectivity index is 2.58. The van der Waals surface area contributed by atoms with Crippen molar-refractivity contribution in [2.45, 2.75) is 18.7 Å². The molecule has 0 spiro atoms. The molecule has 0 radical (unpaired) electrons. The number of carbonyl (C=O) groups excluding carboxylic acids is 1. The van der Waals surface area contributed by atoms with Crippen molar-refractivity contribution in [3.8, 4) is 0 Å².